The van der Waals surface area contributed by atoms with E-state index in [0.717, 1.165) is 6.42 Å². The van der Waals surface area contributed by atoms with Crippen molar-refractivity contribution in [2.75, 3.05) is 13.3 Å². The van der Waals surface area contributed by atoms with Crippen LogP contribution in [0.4, 0.5) is 0 Å². The van der Waals surface area contributed by atoms with E-state index in [1.54, 1.807) is 18.2 Å². The van der Waals surface area contributed by atoms with Crippen LogP contribution in [0.3, 0.4) is 0 Å². The van der Waals surface area contributed by atoms with Gasteiger partial charge in [0, 0.05) is 6.54 Å². The summed E-state index contributed by atoms with van der Waals surface area (Å²) in [5, 5.41) is 0. The average Bonchev–Trinajstić information content (AvgIpc) is 3.05. The third-order valence-corrected chi connectivity index (χ3v) is 3.47. The molecule has 1 fully saturated rings. The lowest BCUT2D eigenvalue weighted by atomic mass is 10.1. The number of hydrogen-bond acceptors (Lipinski definition) is 4. The van der Waals surface area contributed by atoms with Gasteiger partial charge < -0.3 is 20.1 Å². The second kappa shape index (κ2) is 4.46. The molecule has 2 aliphatic rings. The van der Waals surface area contributed by atoms with Gasteiger partial charge in [-0.15, -0.1) is 0 Å². The highest BCUT2D eigenvalue weighted by Gasteiger charge is 2.35. The molecule has 0 saturated carbocycles. The smallest absolute Gasteiger partial charge is 0.258 e. The Morgan fingerprint density at radius 1 is 1.32 bits per heavy atom. The molecule has 6 heteroatoms. The molecule has 0 unspecified atom stereocenters. The molecule has 3 rings (SSSR count). The third-order valence-electron chi connectivity index (χ3n) is 3.47. The van der Waals surface area contributed by atoms with Crippen LogP contribution in [0.25, 0.3) is 0 Å². The highest BCUT2D eigenvalue weighted by atomic mass is 16.7. The maximum absolute atomic E-state index is 12.5. The Labute approximate surface area is 110 Å². The summed E-state index contributed by atoms with van der Waals surface area (Å²) in [7, 11) is 0. The van der Waals surface area contributed by atoms with Crippen LogP contribution < -0.4 is 15.2 Å². The molecule has 0 spiro atoms. The number of fused-ring (bicyclic) bond motifs is 1. The van der Waals surface area contributed by atoms with E-state index in [-0.39, 0.29) is 12.7 Å². The normalized spacial score (nSPS) is 20.6. The minimum absolute atomic E-state index is 0.110. The zero-order valence-corrected chi connectivity index (χ0v) is 10.3. The first-order chi connectivity index (χ1) is 9.18. The van der Waals surface area contributed by atoms with E-state index in [2.05, 4.69) is 0 Å². The van der Waals surface area contributed by atoms with Crippen LogP contribution in [-0.4, -0.2) is 36.1 Å². The molecule has 1 aromatic rings. The van der Waals surface area contributed by atoms with Gasteiger partial charge in [0.2, 0.25) is 12.7 Å². The summed E-state index contributed by atoms with van der Waals surface area (Å²) in [5.41, 5.74) is 5.75. The molecule has 2 aliphatic heterocycles. The molecule has 6 nitrogen and oxygen atoms in total. The molecule has 0 aliphatic carbocycles. The molecule has 0 aromatic heterocycles. The SMILES string of the molecule is NC(=O)[C@H]1CCCN1C(=O)c1cccc2c1OCO2. The quantitative estimate of drug-likeness (QED) is 0.841. The van der Waals surface area contributed by atoms with Gasteiger partial charge in [-0.05, 0) is 25.0 Å². The Kier molecular flexibility index (Phi) is 2.77. The maximum atomic E-state index is 12.5. The lowest BCUT2D eigenvalue weighted by Gasteiger charge is -2.22. The molecule has 2 heterocycles. The zero-order valence-electron chi connectivity index (χ0n) is 10.3. The van der Waals surface area contributed by atoms with Crippen LogP contribution in [0.5, 0.6) is 11.5 Å². The van der Waals surface area contributed by atoms with Gasteiger partial charge in [-0.3, -0.25) is 9.59 Å². The fraction of sp³-hybridized carbons (Fsp3) is 0.385. The number of ether oxygens (including phenoxy) is 2. The van der Waals surface area contributed by atoms with Crippen LogP contribution >= 0.6 is 0 Å². The Morgan fingerprint density at radius 2 is 2.16 bits per heavy atom. The molecule has 19 heavy (non-hydrogen) atoms. The summed E-state index contributed by atoms with van der Waals surface area (Å²) in [6.45, 7) is 0.649. The first-order valence-corrected chi connectivity index (χ1v) is 6.17. The minimum Gasteiger partial charge on any atom is -0.454 e. The van der Waals surface area contributed by atoms with Crippen molar-refractivity contribution in [3.63, 3.8) is 0 Å². The zero-order chi connectivity index (χ0) is 13.4. The predicted molar refractivity (Wildman–Crippen MR) is 65.8 cm³/mol. The van der Waals surface area contributed by atoms with Crippen molar-refractivity contribution in [1.82, 2.24) is 4.90 Å². The van der Waals surface area contributed by atoms with E-state index < -0.39 is 11.9 Å². The van der Waals surface area contributed by atoms with Crippen molar-refractivity contribution in [2.24, 2.45) is 5.73 Å². The van der Waals surface area contributed by atoms with Gasteiger partial charge in [0.05, 0.1) is 5.56 Å². The number of hydrogen-bond donors (Lipinski definition) is 1. The number of likely N-dealkylation sites (tertiary alicyclic amines) is 1. The first kappa shape index (κ1) is 11.8. The number of rotatable bonds is 2. The summed E-state index contributed by atoms with van der Waals surface area (Å²) >= 11 is 0. The van der Waals surface area contributed by atoms with E-state index >= 15 is 0 Å². The van der Waals surface area contributed by atoms with Crippen LogP contribution in [0.15, 0.2) is 18.2 Å². The van der Waals surface area contributed by atoms with Crippen LogP contribution in [-0.2, 0) is 4.79 Å². The average molecular weight is 262 g/mol. The molecule has 1 aromatic carbocycles. The van der Waals surface area contributed by atoms with Gasteiger partial charge in [0.1, 0.15) is 6.04 Å². The van der Waals surface area contributed by atoms with Crippen molar-refractivity contribution < 1.29 is 19.1 Å². The van der Waals surface area contributed by atoms with E-state index in [4.69, 9.17) is 15.2 Å². The summed E-state index contributed by atoms with van der Waals surface area (Å²) in [4.78, 5) is 25.4. The molecular weight excluding hydrogens is 248 g/mol. The third kappa shape index (κ3) is 1.89. The fourth-order valence-corrected chi connectivity index (χ4v) is 2.56. The highest BCUT2D eigenvalue weighted by molar-refractivity contribution is 6.00. The van der Waals surface area contributed by atoms with Crippen molar-refractivity contribution in [3.8, 4) is 11.5 Å². The molecule has 2 amide bonds. The first-order valence-electron chi connectivity index (χ1n) is 6.17. The number of para-hydroxylation sites is 1. The van der Waals surface area contributed by atoms with E-state index in [9.17, 15) is 9.59 Å². The Morgan fingerprint density at radius 3 is 2.95 bits per heavy atom. The second-order valence-electron chi connectivity index (χ2n) is 4.60. The van der Waals surface area contributed by atoms with Crippen LogP contribution in [0.2, 0.25) is 0 Å². The van der Waals surface area contributed by atoms with Crippen molar-refractivity contribution in [2.45, 2.75) is 18.9 Å². The Hall–Kier alpha value is -2.24. The van der Waals surface area contributed by atoms with Gasteiger partial charge in [0.25, 0.3) is 5.91 Å². The number of carbonyl (C=O) groups excluding carboxylic acids is 2. The van der Waals surface area contributed by atoms with Gasteiger partial charge in [0.15, 0.2) is 11.5 Å². The topological polar surface area (TPSA) is 81.9 Å². The summed E-state index contributed by atoms with van der Waals surface area (Å²) in [6.07, 6.45) is 1.40. The van der Waals surface area contributed by atoms with Gasteiger partial charge in [-0.25, -0.2) is 0 Å². The molecule has 1 atom stereocenters. The lowest BCUT2D eigenvalue weighted by Crippen LogP contribution is -2.43. The molecule has 0 bridgehead atoms. The van der Waals surface area contributed by atoms with E-state index in [1.165, 1.54) is 4.90 Å². The number of nitrogens with two attached hydrogens (primary N) is 1. The van der Waals surface area contributed by atoms with Crippen molar-refractivity contribution in [1.29, 1.82) is 0 Å². The molecule has 100 valence electrons. The maximum Gasteiger partial charge on any atom is 0.258 e. The fourth-order valence-electron chi connectivity index (χ4n) is 2.56. The molecule has 2 N–H and O–H groups in total. The minimum atomic E-state index is -0.523. The molecule has 0 radical (unpaired) electrons. The number of carbonyl (C=O) groups is 2. The molecular formula is C13H14N2O4. The number of nitrogens with zero attached hydrogens (tertiary/aromatic N) is 1. The van der Waals surface area contributed by atoms with E-state index in [1.807, 2.05) is 0 Å². The summed E-state index contributed by atoms with van der Waals surface area (Å²) in [6, 6.07) is 4.63. The molecule has 1 saturated heterocycles. The monoisotopic (exact) mass is 262 g/mol. The number of primary amides is 1. The largest absolute Gasteiger partial charge is 0.454 e. The summed E-state index contributed by atoms with van der Waals surface area (Å²) < 4.78 is 10.6. The van der Waals surface area contributed by atoms with Gasteiger partial charge >= 0.3 is 0 Å². The van der Waals surface area contributed by atoms with Crippen molar-refractivity contribution in [3.05, 3.63) is 23.8 Å². The van der Waals surface area contributed by atoms with E-state index in [0.29, 0.717) is 30.0 Å². The number of benzene rings is 1. The highest BCUT2D eigenvalue weighted by Crippen LogP contribution is 2.36. The van der Waals surface area contributed by atoms with Crippen molar-refractivity contribution >= 4 is 11.8 Å². The lowest BCUT2D eigenvalue weighted by molar-refractivity contribution is -0.121. The second-order valence-corrected chi connectivity index (χ2v) is 4.60. The Balaban J connectivity index is 1.92. The van der Waals surface area contributed by atoms with Crippen LogP contribution in [0, 0.1) is 0 Å². The Bertz CT molecular complexity index is 543. The van der Waals surface area contributed by atoms with Crippen LogP contribution in [0.1, 0.15) is 23.2 Å². The van der Waals surface area contributed by atoms with Gasteiger partial charge in [-0.2, -0.15) is 0 Å². The summed E-state index contributed by atoms with van der Waals surface area (Å²) in [5.74, 6) is 0.308. The standard InChI is InChI=1S/C13H14N2O4/c14-12(16)9-4-2-6-15(9)13(17)8-3-1-5-10-11(8)19-7-18-10/h1,3,5,9H,2,4,6-7H2,(H2,14,16)/t9-/m1/s1. The number of amides is 2. The predicted octanol–water partition coefficient (Wildman–Crippen LogP) is 0.505. The van der Waals surface area contributed by atoms with Gasteiger partial charge in [-0.1, -0.05) is 6.07 Å².